The Kier molecular flexibility index (Phi) is 6.39. The van der Waals surface area contributed by atoms with Crippen molar-refractivity contribution in [2.75, 3.05) is 13.7 Å². The first-order valence-corrected chi connectivity index (χ1v) is 6.76. The summed E-state index contributed by atoms with van der Waals surface area (Å²) in [5.41, 5.74) is 2.17. The molecule has 0 aliphatic rings. The zero-order valence-electron chi connectivity index (χ0n) is 12.5. The van der Waals surface area contributed by atoms with Gasteiger partial charge >= 0.3 is 5.97 Å². The monoisotopic (exact) mass is 279 g/mol. The smallest absolute Gasteiger partial charge is 0.333 e. The van der Waals surface area contributed by atoms with Gasteiger partial charge in [-0.3, -0.25) is 0 Å². The highest BCUT2D eigenvalue weighted by Crippen LogP contribution is 2.16. The summed E-state index contributed by atoms with van der Waals surface area (Å²) in [6.45, 7) is 6.14. The Morgan fingerprint density at radius 3 is 2.75 bits per heavy atom. The van der Waals surface area contributed by atoms with E-state index in [0.717, 1.165) is 5.56 Å². The number of halogens is 1. The maximum Gasteiger partial charge on any atom is 0.333 e. The second kappa shape index (κ2) is 7.80. The molecule has 1 N–H and O–H groups in total. The number of hydrogen-bond donors (Lipinski definition) is 1. The largest absolute Gasteiger partial charge is 0.466 e. The molecule has 110 valence electrons. The quantitative estimate of drug-likeness (QED) is 0.641. The van der Waals surface area contributed by atoms with Crippen LogP contribution in [0.1, 0.15) is 37.4 Å². The van der Waals surface area contributed by atoms with Crippen LogP contribution in [-0.4, -0.2) is 19.6 Å². The summed E-state index contributed by atoms with van der Waals surface area (Å²) < 4.78 is 18.2. The molecule has 0 aromatic heterocycles. The third kappa shape index (κ3) is 4.46. The van der Waals surface area contributed by atoms with Gasteiger partial charge in [0, 0.05) is 18.2 Å². The summed E-state index contributed by atoms with van der Waals surface area (Å²) >= 11 is 0. The first kappa shape index (κ1) is 16.4. The van der Waals surface area contributed by atoms with E-state index < -0.39 is 0 Å². The van der Waals surface area contributed by atoms with Crippen molar-refractivity contribution < 1.29 is 13.9 Å². The van der Waals surface area contributed by atoms with Crippen LogP contribution in [0, 0.1) is 12.7 Å². The maximum atomic E-state index is 13.5. The van der Waals surface area contributed by atoms with Gasteiger partial charge in [0.05, 0.1) is 7.11 Å². The Morgan fingerprint density at radius 2 is 2.20 bits per heavy atom. The summed E-state index contributed by atoms with van der Waals surface area (Å²) in [5, 5.41) is 3.24. The lowest BCUT2D eigenvalue weighted by Crippen LogP contribution is -2.20. The summed E-state index contributed by atoms with van der Waals surface area (Å²) in [7, 11) is 1.37. The third-order valence-corrected chi connectivity index (χ3v) is 3.30. The van der Waals surface area contributed by atoms with Gasteiger partial charge in [0.15, 0.2) is 0 Å². The molecule has 0 saturated carbocycles. The number of benzene rings is 1. The normalized spacial score (nSPS) is 13.2. The highest BCUT2D eigenvalue weighted by atomic mass is 19.1. The molecule has 1 aromatic rings. The van der Waals surface area contributed by atoms with Gasteiger partial charge in [-0.15, -0.1) is 0 Å². The van der Waals surface area contributed by atoms with Gasteiger partial charge in [0.1, 0.15) is 5.82 Å². The lowest BCUT2D eigenvalue weighted by Gasteiger charge is -2.14. The molecule has 4 heteroatoms. The number of methoxy groups -OCH3 is 1. The Morgan fingerprint density at radius 1 is 1.50 bits per heavy atom. The Hall–Kier alpha value is -1.68. The van der Waals surface area contributed by atoms with Crippen molar-refractivity contribution in [1.82, 2.24) is 5.32 Å². The number of hydrogen-bond acceptors (Lipinski definition) is 3. The van der Waals surface area contributed by atoms with Crippen molar-refractivity contribution in [2.45, 2.75) is 33.2 Å². The molecule has 0 amide bonds. The highest BCUT2D eigenvalue weighted by Gasteiger charge is 2.08. The fourth-order valence-corrected chi connectivity index (χ4v) is 1.86. The molecule has 0 saturated heterocycles. The van der Waals surface area contributed by atoms with E-state index in [1.54, 1.807) is 13.0 Å². The zero-order valence-corrected chi connectivity index (χ0v) is 12.5. The topological polar surface area (TPSA) is 38.3 Å². The van der Waals surface area contributed by atoms with Crippen LogP contribution < -0.4 is 5.32 Å². The molecule has 0 fully saturated rings. The average Bonchev–Trinajstić information content (AvgIpc) is 2.45. The van der Waals surface area contributed by atoms with E-state index >= 15 is 0 Å². The van der Waals surface area contributed by atoms with Crippen LogP contribution in [0.2, 0.25) is 0 Å². The van der Waals surface area contributed by atoms with Gasteiger partial charge in [-0.1, -0.05) is 25.1 Å². The molecule has 1 unspecified atom stereocenters. The van der Waals surface area contributed by atoms with E-state index in [1.165, 1.54) is 13.2 Å². The molecule has 20 heavy (non-hydrogen) atoms. The summed E-state index contributed by atoms with van der Waals surface area (Å²) in [6, 6.07) is 5.22. The Bertz CT molecular complexity index is 497. The van der Waals surface area contributed by atoms with Crippen LogP contribution in [0.4, 0.5) is 4.39 Å². The maximum absolute atomic E-state index is 13.5. The lowest BCUT2D eigenvalue weighted by atomic mass is 10.1. The number of ether oxygens (including phenoxy) is 1. The molecule has 1 aromatic carbocycles. The molecule has 1 rings (SSSR count). The molecule has 1 atom stereocenters. The van der Waals surface area contributed by atoms with Crippen molar-refractivity contribution in [2.24, 2.45) is 0 Å². The van der Waals surface area contributed by atoms with E-state index in [9.17, 15) is 9.18 Å². The standard InChI is InChI=1S/C16H22FNO2/c1-5-13(16(19)20-4)8-9-18-12(3)14-7-6-11(2)15(17)10-14/h6-8,10,12,18H,5,9H2,1-4H3/b13-8-. The molecule has 0 bridgehead atoms. The summed E-state index contributed by atoms with van der Waals surface area (Å²) in [6.07, 6.45) is 2.44. The molecule has 3 nitrogen and oxygen atoms in total. The van der Waals surface area contributed by atoms with E-state index in [1.807, 2.05) is 26.0 Å². The summed E-state index contributed by atoms with van der Waals surface area (Å²) in [5.74, 6) is -0.501. The van der Waals surface area contributed by atoms with Crippen molar-refractivity contribution in [3.05, 3.63) is 46.8 Å². The van der Waals surface area contributed by atoms with Crippen molar-refractivity contribution >= 4 is 5.97 Å². The van der Waals surface area contributed by atoms with E-state index in [0.29, 0.717) is 24.1 Å². The van der Waals surface area contributed by atoms with Crippen LogP contribution in [0.15, 0.2) is 29.8 Å². The van der Waals surface area contributed by atoms with Gasteiger partial charge in [-0.2, -0.15) is 0 Å². The van der Waals surface area contributed by atoms with Crippen LogP contribution in [0.25, 0.3) is 0 Å². The molecular weight excluding hydrogens is 257 g/mol. The lowest BCUT2D eigenvalue weighted by molar-refractivity contribution is -0.136. The molecular formula is C16H22FNO2. The number of esters is 1. The Labute approximate surface area is 119 Å². The average molecular weight is 279 g/mol. The number of carbonyl (C=O) groups is 1. The van der Waals surface area contributed by atoms with Crippen molar-refractivity contribution in [1.29, 1.82) is 0 Å². The molecule has 0 radical (unpaired) electrons. The predicted octanol–water partition coefficient (Wildman–Crippen LogP) is 3.29. The SMILES string of the molecule is CC/C(=C/CNC(C)c1ccc(C)c(F)c1)C(=O)OC. The van der Waals surface area contributed by atoms with Gasteiger partial charge in [0.2, 0.25) is 0 Å². The van der Waals surface area contributed by atoms with E-state index in [4.69, 9.17) is 0 Å². The van der Waals surface area contributed by atoms with Crippen molar-refractivity contribution in [3.8, 4) is 0 Å². The minimum atomic E-state index is -0.302. The zero-order chi connectivity index (χ0) is 15.1. The highest BCUT2D eigenvalue weighted by molar-refractivity contribution is 5.88. The van der Waals surface area contributed by atoms with Crippen LogP contribution in [0.3, 0.4) is 0 Å². The second-order valence-electron chi connectivity index (χ2n) is 4.71. The number of rotatable bonds is 6. The van der Waals surface area contributed by atoms with Gasteiger partial charge in [-0.25, -0.2) is 9.18 Å². The van der Waals surface area contributed by atoms with E-state index in [2.05, 4.69) is 10.1 Å². The first-order chi connectivity index (χ1) is 9.49. The number of carbonyl (C=O) groups excluding carboxylic acids is 1. The Balaban J connectivity index is 2.62. The van der Waals surface area contributed by atoms with Gasteiger partial charge in [-0.05, 0) is 37.5 Å². The number of nitrogens with one attached hydrogen (secondary N) is 1. The summed E-state index contributed by atoms with van der Waals surface area (Å²) in [4.78, 5) is 11.4. The van der Waals surface area contributed by atoms with E-state index in [-0.39, 0.29) is 17.8 Å². The number of aryl methyl sites for hydroxylation is 1. The second-order valence-corrected chi connectivity index (χ2v) is 4.71. The fourth-order valence-electron chi connectivity index (χ4n) is 1.86. The molecule has 0 spiro atoms. The third-order valence-electron chi connectivity index (χ3n) is 3.30. The van der Waals surface area contributed by atoms with Gasteiger partial charge in [0.25, 0.3) is 0 Å². The first-order valence-electron chi connectivity index (χ1n) is 6.76. The van der Waals surface area contributed by atoms with Crippen molar-refractivity contribution in [3.63, 3.8) is 0 Å². The molecule has 0 heterocycles. The minimum Gasteiger partial charge on any atom is -0.466 e. The predicted molar refractivity (Wildman–Crippen MR) is 77.9 cm³/mol. The van der Waals surface area contributed by atoms with Gasteiger partial charge < -0.3 is 10.1 Å². The van der Waals surface area contributed by atoms with Crippen LogP contribution in [0.5, 0.6) is 0 Å². The molecule has 0 aliphatic carbocycles. The minimum absolute atomic E-state index is 0.0112. The van der Waals surface area contributed by atoms with Crippen LogP contribution in [-0.2, 0) is 9.53 Å². The molecule has 0 aliphatic heterocycles. The van der Waals surface area contributed by atoms with Crippen LogP contribution >= 0.6 is 0 Å². The fraction of sp³-hybridized carbons (Fsp3) is 0.438.